The van der Waals surface area contributed by atoms with Gasteiger partial charge in [-0.15, -0.1) is 0 Å². The van der Waals surface area contributed by atoms with Crippen LogP contribution in [0.3, 0.4) is 0 Å². The molecule has 1 fully saturated rings. The zero-order valence-electron chi connectivity index (χ0n) is 19.4. The maximum absolute atomic E-state index is 12.4. The van der Waals surface area contributed by atoms with Gasteiger partial charge in [0, 0.05) is 6.42 Å². The number of hydrogen-bond donors (Lipinski definition) is 3. The lowest BCUT2D eigenvalue weighted by molar-refractivity contribution is -0.156. The number of rotatable bonds is 14. The Balaban J connectivity index is 1.43. The van der Waals surface area contributed by atoms with E-state index in [2.05, 4.69) is 21.9 Å². The molecule has 4 atom stereocenters. The molecule has 0 aromatic carbocycles. The number of anilines is 1. The quantitative estimate of drug-likeness (QED) is 0.284. The van der Waals surface area contributed by atoms with Crippen molar-refractivity contribution in [1.82, 2.24) is 19.5 Å². The number of aliphatic hydroxyl groups is 2. The van der Waals surface area contributed by atoms with Crippen molar-refractivity contribution in [2.45, 2.75) is 102 Å². The summed E-state index contributed by atoms with van der Waals surface area (Å²) in [6.45, 7) is 1.83. The zero-order valence-corrected chi connectivity index (χ0v) is 19.4. The number of ether oxygens (including phenoxy) is 2. The molecular formula is C23H37N5O5. The van der Waals surface area contributed by atoms with Crippen LogP contribution in [0.4, 0.5) is 5.82 Å². The van der Waals surface area contributed by atoms with E-state index in [0.717, 1.165) is 19.3 Å². The SMILES string of the molecule is CCCCCCCCCCCCC(=O)O[C@H]1[C@@H](O)[C@H](n2cnc3c(N)ncnc32)O[C@@H]1CO. The summed E-state index contributed by atoms with van der Waals surface area (Å²) in [6, 6.07) is 0. The minimum atomic E-state index is -1.19. The molecule has 0 unspecified atom stereocenters. The second kappa shape index (κ2) is 12.8. The second-order valence-electron chi connectivity index (χ2n) is 8.71. The lowest BCUT2D eigenvalue weighted by atomic mass is 10.1. The number of fused-ring (bicyclic) bond motifs is 1. The van der Waals surface area contributed by atoms with Gasteiger partial charge in [0.25, 0.3) is 0 Å². The number of carbonyl (C=O) groups excluding carboxylic acids is 1. The van der Waals surface area contributed by atoms with E-state index in [4.69, 9.17) is 15.2 Å². The van der Waals surface area contributed by atoms with Gasteiger partial charge in [0.1, 0.15) is 24.1 Å². The van der Waals surface area contributed by atoms with Crippen molar-refractivity contribution in [3.05, 3.63) is 12.7 Å². The average molecular weight is 464 g/mol. The predicted octanol–water partition coefficient (Wildman–Crippen LogP) is 2.88. The Morgan fingerprint density at radius 3 is 2.42 bits per heavy atom. The first kappa shape index (κ1) is 25.3. The average Bonchev–Trinajstić information content (AvgIpc) is 3.37. The molecule has 4 N–H and O–H groups in total. The molecule has 3 heterocycles. The number of esters is 1. The number of nitrogens with zero attached hydrogens (tertiary/aromatic N) is 4. The summed E-state index contributed by atoms with van der Waals surface area (Å²) in [7, 11) is 0. The van der Waals surface area contributed by atoms with Crippen LogP contribution >= 0.6 is 0 Å². The maximum Gasteiger partial charge on any atom is 0.306 e. The predicted molar refractivity (Wildman–Crippen MR) is 123 cm³/mol. The van der Waals surface area contributed by atoms with Crippen LogP contribution in [0.1, 0.15) is 83.8 Å². The standard InChI is InChI=1S/C23H37N5O5/c1-2-3-4-5-6-7-8-9-10-11-12-17(30)33-20-16(13-29)32-23(19(20)31)28-15-27-18-21(24)25-14-26-22(18)28/h14-16,19-20,23,29,31H,2-13H2,1H3,(H2,24,25,26)/t16-,19-,20-,23-/m1/s1. The number of imidazole rings is 1. The van der Waals surface area contributed by atoms with Crippen LogP contribution in [0.25, 0.3) is 11.2 Å². The molecule has 3 rings (SSSR count). The topological polar surface area (TPSA) is 146 Å². The second-order valence-corrected chi connectivity index (χ2v) is 8.71. The highest BCUT2D eigenvalue weighted by atomic mass is 16.6. The molecule has 1 aliphatic rings. The van der Waals surface area contributed by atoms with Crippen molar-refractivity contribution in [3.8, 4) is 0 Å². The van der Waals surface area contributed by atoms with Crippen LogP contribution in [0.5, 0.6) is 0 Å². The van der Waals surface area contributed by atoms with Crippen LogP contribution in [-0.4, -0.2) is 60.6 Å². The fourth-order valence-corrected chi connectivity index (χ4v) is 4.27. The molecule has 0 amide bonds. The normalized spacial score (nSPS) is 22.8. The van der Waals surface area contributed by atoms with E-state index in [0.29, 0.717) is 11.2 Å². The van der Waals surface area contributed by atoms with Gasteiger partial charge >= 0.3 is 5.97 Å². The molecule has 184 valence electrons. The number of nitrogen functional groups attached to an aromatic ring is 1. The summed E-state index contributed by atoms with van der Waals surface area (Å²) in [5.41, 5.74) is 6.59. The number of aliphatic hydroxyl groups excluding tert-OH is 2. The van der Waals surface area contributed by atoms with E-state index < -0.39 is 37.1 Å². The smallest absolute Gasteiger partial charge is 0.306 e. The number of unbranched alkanes of at least 4 members (excludes halogenated alkanes) is 9. The minimum absolute atomic E-state index is 0.212. The Hall–Kier alpha value is -2.30. The number of hydrogen-bond acceptors (Lipinski definition) is 9. The molecular weight excluding hydrogens is 426 g/mol. The third-order valence-electron chi connectivity index (χ3n) is 6.15. The fourth-order valence-electron chi connectivity index (χ4n) is 4.27. The van der Waals surface area contributed by atoms with Crippen molar-refractivity contribution < 1.29 is 24.5 Å². The van der Waals surface area contributed by atoms with E-state index in [9.17, 15) is 15.0 Å². The largest absolute Gasteiger partial charge is 0.457 e. The molecule has 0 radical (unpaired) electrons. The Morgan fingerprint density at radius 1 is 1.09 bits per heavy atom. The third kappa shape index (κ3) is 6.61. The summed E-state index contributed by atoms with van der Waals surface area (Å²) in [6.07, 6.45) is 10.9. The lowest BCUT2D eigenvalue weighted by Crippen LogP contribution is -2.37. The highest BCUT2D eigenvalue weighted by molar-refractivity contribution is 5.81. The van der Waals surface area contributed by atoms with Gasteiger partial charge in [-0.3, -0.25) is 9.36 Å². The Morgan fingerprint density at radius 2 is 1.76 bits per heavy atom. The summed E-state index contributed by atoms with van der Waals surface area (Å²) in [5, 5.41) is 20.5. The van der Waals surface area contributed by atoms with E-state index in [1.54, 1.807) is 0 Å². The minimum Gasteiger partial charge on any atom is -0.457 e. The summed E-state index contributed by atoms with van der Waals surface area (Å²) in [4.78, 5) is 24.6. The third-order valence-corrected chi connectivity index (χ3v) is 6.15. The van der Waals surface area contributed by atoms with Crippen LogP contribution in [0.2, 0.25) is 0 Å². The molecule has 1 aliphatic heterocycles. The van der Waals surface area contributed by atoms with Crippen molar-refractivity contribution in [2.24, 2.45) is 0 Å². The fraction of sp³-hybridized carbons (Fsp3) is 0.739. The van der Waals surface area contributed by atoms with E-state index in [1.807, 2.05) is 0 Å². The number of aromatic nitrogens is 4. The van der Waals surface area contributed by atoms with Gasteiger partial charge in [0.2, 0.25) is 0 Å². The molecule has 0 saturated carbocycles. The maximum atomic E-state index is 12.4. The number of carbonyl (C=O) groups is 1. The lowest BCUT2D eigenvalue weighted by Gasteiger charge is -2.20. The summed E-state index contributed by atoms with van der Waals surface area (Å²) >= 11 is 0. The molecule has 10 heteroatoms. The highest BCUT2D eigenvalue weighted by Gasteiger charge is 2.47. The first-order chi connectivity index (χ1) is 16.1. The first-order valence-corrected chi connectivity index (χ1v) is 12.1. The van der Waals surface area contributed by atoms with Crippen molar-refractivity contribution in [1.29, 1.82) is 0 Å². The zero-order chi connectivity index (χ0) is 23.6. The Kier molecular flexibility index (Phi) is 9.83. The number of nitrogens with two attached hydrogens (primary N) is 1. The Labute approximate surface area is 194 Å². The van der Waals surface area contributed by atoms with Gasteiger partial charge in [-0.05, 0) is 6.42 Å². The Bertz CT molecular complexity index is 876. The molecule has 10 nitrogen and oxygen atoms in total. The van der Waals surface area contributed by atoms with E-state index in [-0.39, 0.29) is 12.2 Å². The van der Waals surface area contributed by atoms with Gasteiger partial charge < -0.3 is 25.4 Å². The van der Waals surface area contributed by atoms with Crippen molar-refractivity contribution in [2.75, 3.05) is 12.3 Å². The summed E-state index contributed by atoms with van der Waals surface area (Å²) < 4.78 is 12.8. The van der Waals surface area contributed by atoms with Crippen LogP contribution in [0.15, 0.2) is 12.7 Å². The van der Waals surface area contributed by atoms with Crippen molar-refractivity contribution in [3.63, 3.8) is 0 Å². The monoisotopic (exact) mass is 463 g/mol. The van der Waals surface area contributed by atoms with Gasteiger partial charge in [-0.1, -0.05) is 64.7 Å². The molecule has 2 aromatic heterocycles. The highest BCUT2D eigenvalue weighted by Crippen LogP contribution is 2.33. The van der Waals surface area contributed by atoms with E-state index >= 15 is 0 Å². The van der Waals surface area contributed by atoms with Gasteiger partial charge in [0.15, 0.2) is 23.8 Å². The molecule has 33 heavy (non-hydrogen) atoms. The van der Waals surface area contributed by atoms with Gasteiger partial charge in [-0.2, -0.15) is 0 Å². The molecule has 1 saturated heterocycles. The van der Waals surface area contributed by atoms with E-state index in [1.165, 1.54) is 62.2 Å². The van der Waals surface area contributed by atoms with Crippen LogP contribution < -0.4 is 5.73 Å². The van der Waals surface area contributed by atoms with Gasteiger partial charge in [0.05, 0.1) is 12.9 Å². The molecule has 0 spiro atoms. The van der Waals surface area contributed by atoms with Gasteiger partial charge in [-0.25, -0.2) is 15.0 Å². The van der Waals surface area contributed by atoms with Crippen molar-refractivity contribution >= 4 is 23.0 Å². The van der Waals surface area contributed by atoms with Crippen LogP contribution in [-0.2, 0) is 14.3 Å². The first-order valence-electron chi connectivity index (χ1n) is 12.1. The van der Waals surface area contributed by atoms with Crippen LogP contribution in [0, 0.1) is 0 Å². The summed E-state index contributed by atoms with van der Waals surface area (Å²) in [5.74, 6) is -0.187. The molecule has 2 aromatic rings. The molecule has 0 aliphatic carbocycles. The molecule has 0 bridgehead atoms.